The Hall–Kier alpha value is -2.93. The van der Waals surface area contributed by atoms with E-state index in [1.807, 2.05) is 0 Å². The number of nitrogens with one attached hydrogen (secondary N) is 2. The van der Waals surface area contributed by atoms with Crippen molar-refractivity contribution in [3.63, 3.8) is 0 Å². The number of thiocarbonyl (C=S) groups is 1. The molecule has 0 saturated heterocycles. The third-order valence-electron chi connectivity index (χ3n) is 3.66. The number of carbonyl (C=O) groups excluding carboxylic acids is 1. The number of nitro benzene ring substituents is 1. The van der Waals surface area contributed by atoms with Gasteiger partial charge >= 0.3 is 0 Å². The zero-order chi connectivity index (χ0) is 21.9. The molecule has 0 aliphatic carbocycles. The summed E-state index contributed by atoms with van der Waals surface area (Å²) in [6.45, 7) is 0. The van der Waals surface area contributed by atoms with Crippen molar-refractivity contribution in [2.45, 2.75) is 9.10 Å². The van der Waals surface area contributed by atoms with E-state index in [9.17, 15) is 23.3 Å². The highest BCUT2D eigenvalue weighted by Crippen LogP contribution is 2.29. The molecule has 0 bridgehead atoms. The molecule has 0 aliphatic heterocycles. The van der Waals surface area contributed by atoms with Crippen LogP contribution < -0.4 is 10.6 Å². The summed E-state index contributed by atoms with van der Waals surface area (Å²) >= 11 is 11.6. The number of sulfone groups is 1. The van der Waals surface area contributed by atoms with Gasteiger partial charge in [0.05, 0.1) is 16.0 Å². The predicted octanol–water partition coefficient (Wildman–Crippen LogP) is 3.66. The van der Waals surface area contributed by atoms with Gasteiger partial charge in [-0.3, -0.25) is 20.2 Å². The van der Waals surface area contributed by atoms with Crippen LogP contribution in [-0.2, 0) is 9.84 Å². The third kappa shape index (κ3) is 4.97. The van der Waals surface area contributed by atoms with Gasteiger partial charge in [-0.25, -0.2) is 13.4 Å². The van der Waals surface area contributed by atoms with Crippen molar-refractivity contribution >= 4 is 66.8 Å². The summed E-state index contributed by atoms with van der Waals surface area (Å²) in [6, 6.07) is 10.7. The monoisotopic (exact) mass is 482 g/mol. The Kier molecular flexibility index (Phi) is 6.41. The van der Waals surface area contributed by atoms with E-state index in [-0.39, 0.29) is 25.0 Å². The minimum absolute atomic E-state index is 0.0661. The fourth-order valence-electron chi connectivity index (χ4n) is 2.21. The number of thiazole rings is 1. The quantitative estimate of drug-likeness (QED) is 0.320. The van der Waals surface area contributed by atoms with Gasteiger partial charge in [-0.1, -0.05) is 22.9 Å². The molecule has 0 aliphatic rings. The average Bonchev–Trinajstić information content (AvgIpc) is 3.17. The van der Waals surface area contributed by atoms with Gasteiger partial charge in [-0.05, 0) is 48.6 Å². The lowest BCUT2D eigenvalue weighted by molar-refractivity contribution is -0.384. The maximum Gasteiger partial charge on any atom is 0.269 e. The summed E-state index contributed by atoms with van der Waals surface area (Å²) in [5.74, 6) is -0.473. The summed E-state index contributed by atoms with van der Waals surface area (Å²) in [5.41, 5.74) is 0.117. The van der Waals surface area contributed by atoms with Gasteiger partial charge in [-0.2, -0.15) is 0 Å². The zero-order valence-corrected chi connectivity index (χ0v) is 17.9. The third-order valence-corrected chi connectivity index (χ3v) is 7.26. The van der Waals surface area contributed by atoms with Crippen LogP contribution in [0.1, 0.15) is 10.4 Å². The molecule has 2 aromatic carbocycles. The predicted molar refractivity (Wildman–Crippen MR) is 116 cm³/mol. The molecule has 13 heteroatoms. The highest BCUT2D eigenvalue weighted by Gasteiger charge is 2.22. The summed E-state index contributed by atoms with van der Waals surface area (Å²) < 4.78 is 25.2. The number of aromatic nitrogens is 1. The van der Waals surface area contributed by atoms with Crippen molar-refractivity contribution in [2.24, 2.45) is 0 Å². The van der Waals surface area contributed by atoms with E-state index in [0.29, 0.717) is 10.6 Å². The Labute approximate surface area is 184 Å². The molecule has 0 saturated carbocycles. The first kappa shape index (κ1) is 21.8. The molecule has 1 amide bonds. The van der Waals surface area contributed by atoms with E-state index >= 15 is 0 Å². The highest BCUT2D eigenvalue weighted by molar-refractivity contribution is 7.93. The number of halogens is 1. The zero-order valence-electron chi connectivity index (χ0n) is 14.7. The highest BCUT2D eigenvalue weighted by atomic mass is 35.5. The van der Waals surface area contributed by atoms with Crippen LogP contribution in [0.4, 0.5) is 10.8 Å². The summed E-state index contributed by atoms with van der Waals surface area (Å²) in [5, 5.41) is 16.4. The van der Waals surface area contributed by atoms with Gasteiger partial charge < -0.3 is 5.32 Å². The van der Waals surface area contributed by atoms with Crippen LogP contribution in [-0.4, -0.2) is 29.3 Å². The Morgan fingerprint density at radius 3 is 2.37 bits per heavy atom. The minimum atomic E-state index is -3.92. The van der Waals surface area contributed by atoms with Crippen molar-refractivity contribution in [1.82, 2.24) is 10.3 Å². The number of hydrogen-bond acceptors (Lipinski definition) is 8. The van der Waals surface area contributed by atoms with E-state index in [4.69, 9.17) is 23.8 Å². The maximum atomic E-state index is 12.7. The Morgan fingerprint density at radius 1 is 1.13 bits per heavy atom. The first-order valence-corrected chi connectivity index (χ1v) is 11.1. The summed E-state index contributed by atoms with van der Waals surface area (Å²) in [7, 11) is -3.92. The number of benzene rings is 2. The van der Waals surface area contributed by atoms with Gasteiger partial charge in [0.15, 0.2) is 10.2 Å². The van der Waals surface area contributed by atoms with Crippen LogP contribution in [0.3, 0.4) is 0 Å². The molecule has 0 unspecified atom stereocenters. The SMILES string of the molecule is O=C(NC(=S)Nc1ncc(S(=O)(=O)c2ccc([N+](=O)[O-])cc2)s1)c1ccc(Cl)cc1. The topological polar surface area (TPSA) is 131 Å². The molecular formula is C17H11ClN4O5S3. The van der Waals surface area contributed by atoms with E-state index in [2.05, 4.69) is 15.6 Å². The first-order chi connectivity index (χ1) is 14.2. The minimum Gasteiger partial charge on any atom is -0.308 e. The lowest BCUT2D eigenvalue weighted by Gasteiger charge is -2.07. The fraction of sp³-hybridized carbons (Fsp3) is 0. The molecule has 0 spiro atoms. The molecule has 3 aromatic rings. The Balaban J connectivity index is 1.69. The molecule has 30 heavy (non-hydrogen) atoms. The number of rotatable bonds is 5. The number of nitrogens with zero attached hydrogens (tertiary/aromatic N) is 2. The van der Waals surface area contributed by atoms with Gasteiger partial charge in [0.1, 0.15) is 4.21 Å². The number of nitro groups is 1. The summed E-state index contributed by atoms with van der Waals surface area (Å²) in [6.07, 6.45) is 1.13. The largest absolute Gasteiger partial charge is 0.308 e. The van der Waals surface area contributed by atoms with Crippen LogP contribution in [0.25, 0.3) is 0 Å². The van der Waals surface area contributed by atoms with Crippen LogP contribution in [0.5, 0.6) is 0 Å². The number of amides is 1. The number of anilines is 1. The molecule has 0 fully saturated rings. The van der Waals surface area contributed by atoms with Gasteiger partial charge in [0.2, 0.25) is 9.84 Å². The average molecular weight is 483 g/mol. The molecule has 2 N–H and O–H groups in total. The normalized spacial score (nSPS) is 11.0. The smallest absolute Gasteiger partial charge is 0.269 e. The van der Waals surface area contributed by atoms with E-state index in [1.165, 1.54) is 12.1 Å². The molecule has 154 valence electrons. The van der Waals surface area contributed by atoms with Crippen LogP contribution in [0.15, 0.2) is 63.8 Å². The fourth-order valence-corrected chi connectivity index (χ4v) is 5.03. The van der Waals surface area contributed by atoms with Crippen molar-refractivity contribution in [3.8, 4) is 0 Å². The standard InChI is InChI=1S/C17H11ClN4O5S3/c18-11-3-1-10(2-4-11)15(23)20-16(28)21-17-19-9-14(29-17)30(26,27)13-7-5-12(6-8-13)22(24)25/h1-9H,(H2,19,20,21,23,28). The lowest BCUT2D eigenvalue weighted by atomic mass is 10.2. The Bertz CT molecular complexity index is 1230. The second-order valence-corrected chi connectivity index (χ2v) is 9.71. The Morgan fingerprint density at radius 2 is 1.77 bits per heavy atom. The molecule has 3 rings (SSSR count). The van der Waals surface area contributed by atoms with Crippen molar-refractivity contribution in [3.05, 3.63) is 75.4 Å². The molecule has 0 atom stereocenters. The molecule has 0 radical (unpaired) electrons. The molecule has 9 nitrogen and oxygen atoms in total. The van der Waals surface area contributed by atoms with E-state index in [0.717, 1.165) is 41.8 Å². The van der Waals surface area contributed by atoms with Gasteiger partial charge in [0, 0.05) is 22.7 Å². The summed E-state index contributed by atoms with van der Waals surface area (Å²) in [4.78, 5) is 26.1. The van der Waals surface area contributed by atoms with Gasteiger partial charge in [-0.15, -0.1) is 0 Å². The maximum absolute atomic E-state index is 12.7. The lowest BCUT2D eigenvalue weighted by Crippen LogP contribution is -2.34. The first-order valence-electron chi connectivity index (χ1n) is 8.00. The van der Waals surface area contributed by atoms with Crippen molar-refractivity contribution in [2.75, 3.05) is 5.32 Å². The number of carbonyl (C=O) groups is 1. The van der Waals surface area contributed by atoms with Crippen LogP contribution in [0, 0.1) is 10.1 Å². The van der Waals surface area contributed by atoms with Crippen LogP contribution in [0.2, 0.25) is 5.02 Å². The van der Waals surface area contributed by atoms with Crippen molar-refractivity contribution in [1.29, 1.82) is 0 Å². The van der Waals surface area contributed by atoms with Gasteiger partial charge in [0.25, 0.3) is 11.6 Å². The van der Waals surface area contributed by atoms with E-state index < -0.39 is 20.7 Å². The molecule has 1 heterocycles. The second-order valence-electron chi connectivity index (χ2n) is 5.65. The molecule has 1 aromatic heterocycles. The van der Waals surface area contributed by atoms with Crippen LogP contribution >= 0.6 is 35.2 Å². The number of non-ortho nitro benzene ring substituents is 1. The number of hydrogen-bond donors (Lipinski definition) is 2. The van der Waals surface area contributed by atoms with E-state index in [1.54, 1.807) is 12.1 Å². The second kappa shape index (κ2) is 8.83. The van der Waals surface area contributed by atoms with Crippen molar-refractivity contribution < 1.29 is 18.1 Å². The molecular weight excluding hydrogens is 472 g/mol.